The Bertz CT molecular complexity index is 745. The van der Waals surface area contributed by atoms with Crippen molar-refractivity contribution in [3.8, 4) is 5.75 Å². The number of hydrogen-bond donors (Lipinski definition) is 1. The molecule has 4 rings (SSSR count). The number of methoxy groups -OCH3 is 1. The Balaban J connectivity index is 1.40. The van der Waals surface area contributed by atoms with Crippen LogP contribution < -0.4 is 4.74 Å². The first-order valence-corrected chi connectivity index (χ1v) is 10.3. The molecule has 3 saturated heterocycles. The second-order valence-corrected chi connectivity index (χ2v) is 8.20. The van der Waals surface area contributed by atoms with Crippen molar-refractivity contribution in [2.24, 2.45) is 0 Å². The van der Waals surface area contributed by atoms with E-state index in [1.165, 1.54) is 13.2 Å². The first-order valence-electron chi connectivity index (χ1n) is 10.3. The van der Waals surface area contributed by atoms with E-state index in [0.717, 1.165) is 12.8 Å². The summed E-state index contributed by atoms with van der Waals surface area (Å²) in [5.74, 6) is -0.657. The molecule has 0 aliphatic carbocycles. The van der Waals surface area contributed by atoms with Crippen LogP contribution in [0, 0.1) is 5.82 Å². The summed E-state index contributed by atoms with van der Waals surface area (Å²) in [5.41, 5.74) is -1.06. The topological polar surface area (TPSA) is 71.5 Å². The van der Waals surface area contributed by atoms with Crippen LogP contribution in [0.2, 0.25) is 0 Å². The molecule has 0 bridgehead atoms. The number of nitrogens with zero attached hydrogens (tertiary/aromatic N) is 2. The Morgan fingerprint density at radius 1 is 1.17 bits per heavy atom. The van der Waals surface area contributed by atoms with Crippen molar-refractivity contribution >= 4 is 5.91 Å². The smallest absolute Gasteiger partial charge is 0.256 e. The molecule has 0 radical (unpaired) electrons. The van der Waals surface area contributed by atoms with Crippen LogP contribution in [0.5, 0.6) is 5.75 Å². The third-order valence-corrected chi connectivity index (χ3v) is 6.23. The molecule has 1 spiro atoms. The monoisotopic (exact) mass is 408 g/mol. The minimum absolute atomic E-state index is 0.120. The molecule has 3 heterocycles. The summed E-state index contributed by atoms with van der Waals surface area (Å²) in [7, 11) is 1.52. The van der Waals surface area contributed by atoms with Crippen LogP contribution >= 0.6 is 0 Å². The highest BCUT2D eigenvalue weighted by molar-refractivity contribution is 5.86. The van der Waals surface area contributed by atoms with Gasteiger partial charge in [-0.3, -0.25) is 9.69 Å². The van der Waals surface area contributed by atoms with Gasteiger partial charge in [0.05, 0.1) is 20.3 Å². The van der Waals surface area contributed by atoms with Crippen LogP contribution in [0.25, 0.3) is 0 Å². The van der Waals surface area contributed by atoms with E-state index in [4.69, 9.17) is 14.2 Å². The maximum atomic E-state index is 14.2. The number of amides is 1. The maximum Gasteiger partial charge on any atom is 0.256 e. The van der Waals surface area contributed by atoms with Crippen LogP contribution in [0.4, 0.5) is 4.39 Å². The van der Waals surface area contributed by atoms with Gasteiger partial charge >= 0.3 is 0 Å². The molecule has 7 nitrogen and oxygen atoms in total. The summed E-state index contributed by atoms with van der Waals surface area (Å²) in [6.07, 6.45) is 2.56. The van der Waals surface area contributed by atoms with E-state index in [1.54, 1.807) is 17.0 Å². The first kappa shape index (κ1) is 20.5. The molecule has 1 aromatic rings. The van der Waals surface area contributed by atoms with E-state index in [9.17, 15) is 14.3 Å². The number of carbonyl (C=O) groups is 1. The quantitative estimate of drug-likeness (QED) is 0.797. The number of aliphatic hydroxyl groups is 1. The lowest BCUT2D eigenvalue weighted by atomic mass is 9.89. The third kappa shape index (κ3) is 4.26. The molecular weight excluding hydrogens is 379 g/mol. The van der Waals surface area contributed by atoms with E-state index in [0.29, 0.717) is 57.0 Å². The van der Waals surface area contributed by atoms with Crippen molar-refractivity contribution in [1.29, 1.82) is 0 Å². The van der Waals surface area contributed by atoms with Gasteiger partial charge in [-0.15, -0.1) is 0 Å². The van der Waals surface area contributed by atoms with Gasteiger partial charge < -0.3 is 24.2 Å². The Labute approximate surface area is 170 Å². The number of likely N-dealkylation sites (tertiary alicyclic amines) is 2. The average Bonchev–Trinajstić information content (AvgIpc) is 3.17. The lowest BCUT2D eigenvalue weighted by Crippen LogP contribution is -2.59. The van der Waals surface area contributed by atoms with Gasteiger partial charge in [0.25, 0.3) is 5.91 Å². The predicted octanol–water partition coefficient (Wildman–Crippen LogP) is 1.53. The van der Waals surface area contributed by atoms with Crippen molar-refractivity contribution < 1.29 is 28.5 Å². The van der Waals surface area contributed by atoms with Gasteiger partial charge in [0, 0.05) is 51.1 Å². The predicted molar refractivity (Wildman–Crippen MR) is 103 cm³/mol. The highest BCUT2D eigenvalue weighted by Gasteiger charge is 2.46. The standard InChI is InChI=1S/C21H29FN2O5/c1-27-17-3-4-18(22)16(13-17)14-24-8-2-5-20(26,19(24)25)15-23-9-6-21(7-10-23)28-11-12-29-21/h3-4,13,26H,2,5-12,14-15H2,1H3. The summed E-state index contributed by atoms with van der Waals surface area (Å²) >= 11 is 0. The minimum atomic E-state index is -1.45. The van der Waals surface area contributed by atoms with Gasteiger partial charge in [-0.05, 0) is 31.0 Å². The molecule has 1 unspecified atom stereocenters. The van der Waals surface area contributed by atoms with E-state index in [2.05, 4.69) is 4.90 Å². The van der Waals surface area contributed by atoms with Gasteiger partial charge in [-0.25, -0.2) is 4.39 Å². The third-order valence-electron chi connectivity index (χ3n) is 6.23. The lowest BCUT2D eigenvalue weighted by Gasteiger charge is -2.43. The van der Waals surface area contributed by atoms with Crippen molar-refractivity contribution in [2.75, 3.05) is 46.5 Å². The van der Waals surface area contributed by atoms with Crippen LogP contribution in [-0.4, -0.2) is 78.7 Å². The highest BCUT2D eigenvalue weighted by atomic mass is 19.1. The fourth-order valence-corrected chi connectivity index (χ4v) is 4.58. The molecule has 1 aromatic carbocycles. The normalized spacial score (nSPS) is 27.6. The van der Waals surface area contributed by atoms with Crippen molar-refractivity contribution in [2.45, 2.75) is 43.6 Å². The van der Waals surface area contributed by atoms with Gasteiger partial charge in [-0.1, -0.05) is 0 Å². The molecule has 1 amide bonds. The van der Waals surface area contributed by atoms with Gasteiger partial charge in [0.15, 0.2) is 11.4 Å². The summed E-state index contributed by atoms with van der Waals surface area (Å²) in [4.78, 5) is 16.7. The molecule has 0 saturated carbocycles. The van der Waals surface area contributed by atoms with Crippen molar-refractivity contribution in [1.82, 2.24) is 9.80 Å². The number of benzene rings is 1. The second-order valence-electron chi connectivity index (χ2n) is 8.20. The van der Waals surface area contributed by atoms with Crippen LogP contribution in [0.15, 0.2) is 18.2 Å². The fraction of sp³-hybridized carbons (Fsp3) is 0.667. The molecule has 0 aromatic heterocycles. The summed E-state index contributed by atoms with van der Waals surface area (Å²) in [6, 6.07) is 4.49. The molecule has 160 valence electrons. The zero-order valence-corrected chi connectivity index (χ0v) is 16.9. The van der Waals surface area contributed by atoms with E-state index in [-0.39, 0.29) is 24.8 Å². The van der Waals surface area contributed by atoms with E-state index >= 15 is 0 Å². The molecule has 3 aliphatic rings. The summed E-state index contributed by atoms with van der Waals surface area (Å²) in [6.45, 7) is 3.56. The van der Waals surface area contributed by atoms with E-state index in [1.807, 2.05) is 0 Å². The van der Waals surface area contributed by atoms with Crippen molar-refractivity contribution in [3.63, 3.8) is 0 Å². The van der Waals surface area contributed by atoms with Gasteiger partial charge in [0.1, 0.15) is 11.6 Å². The summed E-state index contributed by atoms with van der Waals surface area (Å²) in [5, 5.41) is 11.2. The molecule has 8 heteroatoms. The average molecular weight is 408 g/mol. The largest absolute Gasteiger partial charge is 0.497 e. The molecule has 3 aliphatic heterocycles. The molecular formula is C21H29FN2O5. The number of hydrogen-bond acceptors (Lipinski definition) is 6. The number of rotatable bonds is 5. The Kier molecular flexibility index (Phi) is 5.79. The second kappa shape index (κ2) is 8.18. The summed E-state index contributed by atoms with van der Waals surface area (Å²) < 4.78 is 30.9. The number of β-amino-alcohol motifs (C(OH)–C–C–N with tert-alkyl or cyclic N) is 1. The number of carbonyl (C=O) groups excluding carboxylic acids is 1. The molecule has 29 heavy (non-hydrogen) atoms. The molecule has 1 N–H and O–H groups in total. The molecule has 1 atom stereocenters. The SMILES string of the molecule is COc1ccc(F)c(CN2CCCC(O)(CN3CCC4(CC3)OCCO4)C2=O)c1. The minimum Gasteiger partial charge on any atom is -0.497 e. The Hall–Kier alpha value is -1.74. The van der Waals surface area contributed by atoms with Gasteiger partial charge in [-0.2, -0.15) is 0 Å². The van der Waals surface area contributed by atoms with Crippen LogP contribution in [0.3, 0.4) is 0 Å². The lowest BCUT2D eigenvalue weighted by molar-refractivity contribution is -0.191. The Morgan fingerprint density at radius 3 is 2.59 bits per heavy atom. The van der Waals surface area contributed by atoms with Crippen molar-refractivity contribution in [3.05, 3.63) is 29.6 Å². The highest BCUT2D eigenvalue weighted by Crippen LogP contribution is 2.33. The Morgan fingerprint density at radius 2 is 1.90 bits per heavy atom. The zero-order valence-electron chi connectivity index (χ0n) is 16.9. The molecule has 3 fully saturated rings. The van der Waals surface area contributed by atoms with Crippen LogP contribution in [-0.2, 0) is 20.8 Å². The number of ether oxygens (including phenoxy) is 3. The van der Waals surface area contributed by atoms with E-state index < -0.39 is 11.4 Å². The maximum absolute atomic E-state index is 14.2. The van der Waals surface area contributed by atoms with Gasteiger partial charge in [0.2, 0.25) is 0 Å². The number of piperidine rings is 2. The van der Waals surface area contributed by atoms with Crippen LogP contribution in [0.1, 0.15) is 31.2 Å². The first-order chi connectivity index (χ1) is 13.9. The number of halogens is 1. The zero-order chi connectivity index (χ0) is 20.5. The fourth-order valence-electron chi connectivity index (χ4n) is 4.58.